The molecular formula is C43H60N7O2+. The highest BCUT2D eigenvalue weighted by molar-refractivity contribution is 6.03. The van der Waals surface area contributed by atoms with E-state index >= 15 is 0 Å². The third-order valence-corrected chi connectivity index (χ3v) is 10.7. The number of allylic oxidation sites excluding steroid dienone is 4. The van der Waals surface area contributed by atoms with Crippen molar-refractivity contribution in [2.45, 2.75) is 110 Å². The molecule has 9 nitrogen and oxygen atoms in total. The summed E-state index contributed by atoms with van der Waals surface area (Å²) in [5, 5.41) is 14.5. The Morgan fingerprint density at radius 2 is 1.58 bits per heavy atom. The number of benzene rings is 2. The first-order chi connectivity index (χ1) is 24.9. The molecule has 2 aliphatic heterocycles. The maximum atomic E-state index is 12.6. The maximum Gasteiger partial charge on any atom is 0.222 e. The topological polar surface area (TPSA) is 95.2 Å². The molecule has 52 heavy (non-hydrogen) atoms. The van der Waals surface area contributed by atoms with Crippen LogP contribution in [0.1, 0.15) is 103 Å². The highest BCUT2D eigenvalue weighted by Gasteiger charge is 2.43. The number of nitrogens with zero attached hydrogens (tertiary/aromatic N) is 5. The smallest absolute Gasteiger partial charge is 0.222 e. The van der Waals surface area contributed by atoms with Crippen LogP contribution < -0.4 is 15.5 Å². The fourth-order valence-electron chi connectivity index (χ4n) is 7.61. The monoisotopic (exact) mass is 706 g/mol. The number of para-hydroxylation sites is 2. The molecule has 2 aromatic carbocycles. The first-order valence-electron chi connectivity index (χ1n) is 19.3. The van der Waals surface area contributed by atoms with Crippen molar-refractivity contribution in [2.24, 2.45) is 5.92 Å². The quantitative estimate of drug-likeness (QED) is 0.106. The van der Waals surface area contributed by atoms with E-state index in [0.29, 0.717) is 19.5 Å². The summed E-state index contributed by atoms with van der Waals surface area (Å²) in [5.74, 6) is 0.228. The predicted molar refractivity (Wildman–Crippen MR) is 211 cm³/mol. The summed E-state index contributed by atoms with van der Waals surface area (Å²) in [4.78, 5) is 26.7. The van der Waals surface area contributed by atoms with Crippen LogP contribution in [0.4, 0.5) is 11.4 Å². The maximum absolute atomic E-state index is 12.6. The standard InChI is InChI=1S/C43H59N7O2/c1-32(2)41(52)45-27-15-14-19-33-31-49(47-46-33)29-18-28-44-40(51)26-9-8-16-30-50-37-23-13-11-21-35(37)43(5,6)39(50)25-17-24-38-42(3,4)34-20-10-12-22-36(34)48(38)7/h10-13,17,20-25,31-32H,8-9,14-16,18-19,26-30H2,1-7H3,(H-,44,45,51,52)/p+1. The molecule has 3 aromatic rings. The molecule has 2 N–H and O–H groups in total. The van der Waals surface area contributed by atoms with E-state index in [-0.39, 0.29) is 28.6 Å². The fourth-order valence-corrected chi connectivity index (χ4v) is 7.61. The Balaban J connectivity index is 1.04. The van der Waals surface area contributed by atoms with Crippen molar-refractivity contribution in [3.63, 3.8) is 0 Å². The summed E-state index contributed by atoms with van der Waals surface area (Å²) in [6, 6.07) is 17.5. The van der Waals surface area contributed by atoms with Crippen molar-refractivity contribution in [1.82, 2.24) is 25.6 Å². The van der Waals surface area contributed by atoms with Crippen LogP contribution in [0.25, 0.3) is 0 Å². The second kappa shape index (κ2) is 17.3. The Labute approximate surface area is 311 Å². The minimum atomic E-state index is -0.105. The lowest BCUT2D eigenvalue weighted by molar-refractivity contribution is -0.401. The van der Waals surface area contributed by atoms with Gasteiger partial charge in [-0.3, -0.25) is 14.3 Å². The van der Waals surface area contributed by atoms with Gasteiger partial charge in [-0.25, -0.2) is 0 Å². The van der Waals surface area contributed by atoms with Gasteiger partial charge in [0.25, 0.3) is 0 Å². The van der Waals surface area contributed by atoms with Crippen molar-refractivity contribution in [1.29, 1.82) is 0 Å². The summed E-state index contributed by atoms with van der Waals surface area (Å²) in [7, 11) is 2.17. The number of unbranched alkanes of at least 4 members (excludes halogenated alkanes) is 3. The molecule has 0 spiro atoms. The molecule has 2 aliphatic rings. The summed E-state index contributed by atoms with van der Waals surface area (Å²) in [6.45, 7) is 16.0. The number of hydrogen-bond acceptors (Lipinski definition) is 5. The van der Waals surface area contributed by atoms with Gasteiger partial charge in [0.1, 0.15) is 7.05 Å². The van der Waals surface area contributed by atoms with E-state index in [0.717, 1.165) is 63.7 Å². The zero-order valence-electron chi connectivity index (χ0n) is 32.5. The van der Waals surface area contributed by atoms with Crippen molar-refractivity contribution in [3.8, 4) is 0 Å². The lowest BCUT2D eigenvalue weighted by Crippen LogP contribution is -2.28. The molecule has 2 amide bonds. The molecule has 0 fully saturated rings. The van der Waals surface area contributed by atoms with Gasteiger partial charge in [0.05, 0.1) is 11.1 Å². The molecular weight excluding hydrogens is 647 g/mol. The zero-order chi connectivity index (χ0) is 37.3. The minimum absolute atomic E-state index is 0.0177. The summed E-state index contributed by atoms with van der Waals surface area (Å²) >= 11 is 0. The number of rotatable bonds is 18. The molecule has 3 heterocycles. The third-order valence-electron chi connectivity index (χ3n) is 10.7. The molecule has 278 valence electrons. The van der Waals surface area contributed by atoms with E-state index in [1.165, 1.54) is 33.9 Å². The molecule has 0 aliphatic carbocycles. The molecule has 9 heteroatoms. The minimum Gasteiger partial charge on any atom is -0.356 e. The van der Waals surface area contributed by atoms with Crippen molar-refractivity contribution in [3.05, 3.63) is 95.5 Å². The van der Waals surface area contributed by atoms with Gasteiger partial charge < -0.3 is 15.5 Å². The molecule has 0 atom stereocenters. The highest BCUT2D eigenvalue weighted by Crippen LogP contribution is 2.47. The Morgan fingerprint density at radius 3 is 2.35 bits per heavy atom. The average molecular weight is 707 g/mol. The number of aromatic nitrogens is 3. The van der Waals surface area contributed by atoms with Crippen molar-refractivity contribution >= 4 is 28.9 Å². The van der Waals surface area contributed by atoms with Crippen molar-refractivity contribution in [2.75, 3.05) is 31.6 Å². The largest absolute Gasteiger partial charge is 0.356 e. The number of amides is 2. The van der Waals surface area contributed by atoms with Gasteiger partial charge in [0.15, 0.2) is 5.71 Å². The first kappa shape index (κ1) is 38.7. The van der Waals surface area contributed by atoms with Crippen LogP contribution in [-0.4, -0.2) is 63.8 Å². The van der Waals surface area contributed by atoms with E-state index in [1.807, 2.05) is 24.7 Å². The molecule has 0 bridgehead atoms. The lowest BCUT2D eigenvalue weighted by atomic mass is 9.81. The average Bonchev–Trinajstić information content (AvgIpc) is 3.72. The van der Waals surface area contributed by atoms with Crippen LogP contribution in [0.5, 0.6) is 0 Å². The van der Waals surface area contributed by atoms with Gasteiger partial charge in [-0.15, -0.1) is 5.10 Å². The number of anilines is 1. The summed E-state index contributed by atoms with van der Waals surface area (Å²) < 4.78 is 4.17. The van der Waals surface area contributed by atoms with Crippen LogP contribution in [-0.2, 0) is 33.4 Å². The second-order valence-corrected chi connectivity index (χ2v) is 15.7. The van der Waals surface area contributed by atoms with Gasteiger partial charge in [-0.05, 0) is 70.1 Å². The van der Waals surface area contributed by atoms with E-state index in [2.05, 4.69) is 132 Å². The molecule has 0 unspecified atom stereocenters. The molecule has 5 rings (SSSR count). The van der Waals surface area contributed by atoms with E-state index < -0.39 is 0 Å². The van der Waals surface area contributed by atoms with E-state index in [1.54, 1.807) is 0 Å². The number of aryl methyl sites for hydroxylation is 2. The number of carbonyl (C=O) groups is 2. The summed E-state index contributed by atoms with van der Waals surface area (Å²) in [6.07, 6.45) is 15.8. The second-order valence-electron chi connectivity index (χ2n) is 15.7. The van der Waals surface area contributed by atoms with Crippen LogP contribution >= 0.6 is 0 Å². The van der Waals surface area contributed by atoms with Crippen LogP contribution in [0.2, 0.25) is 0 Å². The highest BCUT2D eigenvalue weighted by atomic mass is 16.2. The molecule has 0 radical (unpaired) electrons. The predicted octanol–water partition coefficient (Wildman–Crippen LogP) is 7.38. The van der Waals surface area contributed by atoms with Gasteiger partial charge in [0, 0.05) is 79.2 Å². The molecule has 1 aromatic heterocycles. The fraction of sp³-hybridized carbons (Fsp3) is 0.512. The van der Waals surface area contributed by atoms with E-state index in [4.69, 9.17) is 0 Å². The number of nitrogens with one attached hydrogen (secondary N) is 2. The normalized spacial score (nSPS) is 16.6. The number of fused-ring (bicyclic) bond motifs is 2. The van der Waals surface area contributed by atoms with E-state index in [9.17, 15) is 9.59 Å². The SMILES string of the molecule is CC(C)C(=O)NCCCCc1cn(CCCNC(=O)CCCCCN2/C(=C/C=C/C3=[N+](C)c4ccccc4C3(C)C)C(C)(C)c3ccccc32)nn1. The third kappa shape index (κ3) is 9.09. The molecule has 0 saturated heterocycles. The number of hydrogen-bond donors (Lipinski definition) is 2. The van der Waals surface area contributed by atoms with Crippen LogP contribution in [0, 0.1) is 5.92 Å². The van der Waals surface area contributed by atoms with Crippen molar-refractivity contribution < 1.29 is 14.2 Å². The Kier molecular flexibility index (Phi) is 12.9. The Bertz CT molecular complexity index is 1800. The Hall–Kier alpha value is -4.53. The van der Waals surface area contributed by atoms with Crippen LogP contribution in [0.15, 0.2) is 78.7 Å². The lowest BCUT2D eigenvalue weighted by Gasteiger charge is -2.27. The van der Waals surface area contributed by atoms with Gasteiger partial charge in [0.2, 0.25) is 17.5 Å². The Morgan fingerprint density at radius 1 is 0.846 bits per heavy atom. The van der Waals surface area contributed by atoms with Gasteiger partial charge in [-0.2, -0.15) is 4.58 Å². The van der Waals surface area contributed by atoms with Gasteiger partial charge >= 0.3 is 0 Å². The number of carbonyl (C=O) groups excluding carboxylic acids is 2. The summed E-state index contributed by atoms with van der Waals surface area (Å²) in [5.41, 5.74) is 8.70. The zero-order valence-corrected chi connectivity index (χ0v) is 32.5. The molecule has 0 saturated carbocycles. The first-order valence-corrected chi connectivity index (χ1v) is 19.3. The van der Waals surface area contributed by atoms with Gasteiger partial charge in [-0.1, -0.05) is 81.8 Å². The van der Waals surface area contributed by atoms with Crippen LogP contribution in [0.3, 0.4) is 0 Å².